The smallest absolute Gasteiger partial charge is 0.341 e. The average Bonchev–Trinajstić information content (AvgIpc) is 2.74. The van der Waals surface area contributed by atoms with Gasteiger partial charge in [-0.25, -0.2) is 14.8 Å². The number of carbonyl (C=O) groups is 1. The van der Waals surface area contributed by atoms with Crippen LogP contribution in [0.4, 0.5) is 5.95 Å². The fraction of sp³-hybridized carbons (Fsp3) is 0.238. The summed E-state index contributed by atoms with van der Waals surface area (Å²) < 4.78 is 10.3. The first-order valence-corrected chi connectivity index (χ1v) is 9.03. The van der Waals surface area contributed by atoms with Gasteiger partial charge in [0.2, 0.25) is 5.95 Å². The van der Waals surface area contributed by atoms with Gasteiger partial charge in [-0.3, -0.25) is 4.98 Å². The molecule has 1 aromatic carbocycles. The van der Waals surface area contributed by atoms with Crippen molar-refractivity contribution in [1.82, 2.24) is 15.0 Å². The maximum Gasteiger partial charge on any atom is 0.341 e. The van der Waals surface area contributed by atoms with E-state index in [2.05, 4.69) is 20.3 Å². The standard InChI is InChI=1S/C21H22N4O3/c1-3-28-20(26)18-14-24-21(23-13-11-16-6-4-5-12-22-16)25-19(18)15-7-9-17(27-2)10-8-15/h4-10,12,14H,3,11,13H2,1-2H3,(H,23,24,25). The van der Waals surface area contributed by atoms with Crippen molar-refractivity contribution in [1.29, 1.82) is 0 Å². The Hall–Kier alpha value is -3.48. The van der Waals surface area contributed by atoms with Gasteiger partial charge in [-0.05, 0) is 43.3 Å². The summed E-state index contributed by atoms with van der Waals surface area (Å²) in [5.74, 6) is 0.715. The first kappa shape index (κ1) is 19.3. The predicted octanol–water partition coefficient (Wildman–Crippen LogP) is 3.38. The first-order chi connectivity index (χ1) is 13.7. The number of pyridine rings is 1. The van der Waals surface area contributed by atoms with Crippen LogP contribution in [-0.4, -0.2) is 41.2 Å². The van der Waals surface area contributed by atoms with E-state index in [1.165, 1.54) is 6.20 Å². The number of carbonyl (C=O) groups excluding carboxylic acids is 1. The number of anilines is 1. The molecule has 28 heavy (non-hydrogen) atoms. The molecule has 2 heterocycles. The van der Waals surface area contributed by atoms with Crippen LogP contribution in [0, 0.1) is 0 Å². The number of hydrogen-bond donors (Lipinski definition) is 1. The molecule has 0 aliphatic rings. The van der Waals surface area contributed by atoms with Crippen molar-refractivity contribution in [3.63, 3.8) is 0 Å². The van der Waals surface area contributed by atoms with Gasteiger partial charge in [-0.15, -0.1) is 0 Å². The minimum atomic E-state index is -0.451. The Morgan fingerprint density at radius 2 is 1.93 bits per heavy atom. The van der Waals surface area contributed by atoms with E-state index >= 15 is 0 Å². The molecule has 0 spiro atoms. The van der Waals surface area contributed by atoms with Crippen molar-refractivity contribution in [2.45, 2.75) is 13.3 Å². The number of rotatable bonds is 8. The maximum absolute atomic E-state index is 12.3. The van der Waals surface area contributed by atoms with E-state index in [1.807, 2.05) is 42.5 Å². The highest BCUT2D eigenvalue weighted by atomic mass is 16.5. The number of esters is 1. The molecule has 3 rings (SSSR count). The quantitative estimate of drug-likeness (QED) is 0.601. The van der Waals surface area contributed by atoms with Crippen LogP contribution in [0.5, 0.6) is 5.75 Å². The summed E-state index contributed by atoms with van der Waals surface area (Å²) in [5, 5.41) is 3.18. The third kappa shape index (κ3) is 4.82. The minimum Gasteiger partial charge on any atom is -0.497 e. The molecule has 2 aromatic heterocycles. The SMILES string of the molecule is CCOC(=O)c1cnc(NCCc2ccccn2)nc1-c1ccc(OC)cc1. The van der Waals surface area contributed by atoms with Crippen LogP contribution < -0.4 is 10.1 Å². The van der Waals surface area contributed by atoms with Crippen molar-refractivity contribution in [3.8, 4) is 17.0 Å². The Bertz CT molecular complexity index is 915. The van der Waals surface area contributed by atoms with E-state index in [0.717, 1.165) is 23.4 Å². The number of benzene rings is 1. The fourth-order valence-electron chi connectivity index (χ4n) is 2.64. The van der Waals surface area contributed by atoms with Gasteiger partial charge in [-0.2, -0.15) is 0 Å². The van der Waals surface area contributed by atoms with Crippen LogP contribution in [0.2, 0.25) is 0 Å². The van der Waals surface area contributed by atoms with Crippen LogP contribution in [0.15, 0.2) is 54.9 Å². The lowest BCUT2D eigenvalue weighted by Crippen LogP contribution is -2.13. The van der Waals surface area contributed by atoms with Crippen molar-refractivity contribution in [3.05, 3.63) is 66.1 Å². The highest BCUT2D eigenvalue weighted by Crippen LogP contribution is 2.25. The van der Waals surface area contributed by atoms with E-state index < -0.39 is 5.97 Å². The van der Waals surface area contributed by atoms with Gasteiger partial charge in [0.15, 0.2) is 0 Å². The van der Waals surface area contributed by atoms with Crippen LogP contribution >= 0.6 is 0 Å². The third-order valence-corrected chi connectivity index (χ3v) is 4.04. The minimum absolute atomic E-state index is 0.283. The van der Waals surface area contributed by atoms with Crippen LogP contribution in [-0.2, 0) is 11.2 Å². The van der Waals surface area contributed by atoms with Crippen molar-refractivity contribution in [2.75, 3.05) is 25.6 Å². The summed E-state index contributed by atoms with van der Waals surface area (Å²) in [6.07, 6.45) is 4.00. The molecule has 0 aliphatic carbocycles. The average molecular weight is 378 g/mol. The van der Waals surface area contributed by atoms with Crippen molar-refractivity contribution >= 4 is 11.9 Å². The molecule has 0 amide bonds. The summed E-state index contributed by atoms with van der Waals surface area (Å²) >= 11 is 0. The van der Waals surface area contributed by atoms with Gasteiger partial charge in [0.25, 0.3) is 0 Å². The predicted molar refractivity (Wildman–Crippen MR) is 106 cm³/mol. The molecule has 0 unspecified atom stereocenters. The van der Waals surface area contributed by atoms with Gasteiger partial charge in [0.05, 0.1) is 19.4 Å². The number of hydrogen-bond acceptors (Lipinski definition) is 7. The number of methoxy groups -OCH3 is 1. The van der Waals surface area contributed by atoms with E-state index in [9.17, 15) is 4.79 Å². The second-order valence-electron chi connectivity index (χ2n) is 5.90. The summed E-state index contributed by atoms with van der Waals surface area (Å²) in [7, 11) is 1.60. The van der Waals surface area contributed by atoms with Gasteiger partial charge in [0, 0.05) is 36.6 Å². The molecule has 0 saturated heterocycles. The van der Waals surface area contributed by atoms with Gasteiger partial charge in [0.1, 0.15) is 11.3 Å². The number of nitrogens with one attached hydrogen (secondary N) is 1. The molecule has 7 heteroatoms. The molecule has 0 atom stereocenters. The van der Waals surface area contributed by atoms with Gasteiger partial charge >= 0.3 is 5.97 Å². The first-order valence-electron chi connectivity index (χ1n) is 9.03. The third-order valence-electron chi connectivity index (χ3n) is 4.04. The second kappa shape index (κ2) is 9.45. The molecule has 0 bridgehead atoms. The Kier molecular flexibility index (Phi) is 6.51. The van der Waals surface area contributed by atoms with E-state index in [1.54, 1.807) is 20.2 Å². The summed E-state index contributed by atoms with van der Waals surface area (Å²) in [4.78, 5) is 25.4. The summed E-state index contributed by atoms with van der Waals surface area (Å²) in [6, 6.07) is 13.1. The van der Waals surface area contributed by atoms with Crippen LogP contribution in [0.1, 0.15) is 23.0 Å². The molecule has 3 aromatic rings. The molecule has 144 valence electrons. The highest BCUT2D eigenvalue weighted by molar-refractivity contribution is 5.96. The topological polar surface area (TPSA) is 86.2 Å². The molecule has 7 nitrogen and oxygen atoms in total. The number of nitrogens with zero attached hydrogens (tertiary/aromatic N) is 3. The molecule has 0 fully saturated rings. The zero-order chi connectivity index (χ0) is 19.8. The molecule has 0 radical (unpaired) electrons. The number of ether oxygens (including phenoxy) is 2. The van der Waals surface area contributed by atoms with E-state index in [-0.39, 0.29) is 6.61 Å². The fourth-order valence-corrected chi connectivity index (χ4v) is 2.64. The second-order valence-corrected chi connectivity index (χ2v) is 5.90. The van der Waals surface area contributed by atoms with E-state index in [0.29, 0.717) is 23.8 Å². The molecule has 0 saturated carbocycles. The largest absolute Gasteiger partial charge is 0.497 e. The maximum atomic E-state index is 12.3. The van der Waals surface area contributed by atoms with Crippen molar-refractivity contribution in [2.24, 2.45) is 0 Å². The molecular weight excluding hydrogens is 356 g/mol. The lowest BCUT2D eigenvalue weighted by Gasteiger charge is -2.11. The lowest BCUT2D eigenvalue weighted by atomic mass is 10.1. The van der Waals surface area contributed by atoms with E-state index in [4.69, 9.17) is 9.47 Å². The summed E-state index contributed by atoms with van der Waals surface area (Å²) in [5.41, 5.74) is 2.59. The van der Waals surface area contributed by atoms with Crippen molar-refractivity contribution < 1.29 is 14.3 Å². The normalized spacial score (nSPS) is 10.4. The highest BCUT2D eigenvalue weighted by Gasteiger charge is 2.17. The van der Waals surface area contributed by atoms with Gasteiger partial charge in [-0.1, -0.05) is 6.07 Å². The monoisotopic (exact) mass is 378 g/mol. The summed E-state index contributed by atoms with van der Waals surface area (Å²) in [6.45, 7) is 2.67. The number of aromatic nitrogens is 3. The van der Waals surface area contributed by atoms with Crippen LogP contribution in [0.3, 0.4) is 0 Å². The van der Waals surface area contributed by atoms with Gasteiger partial charge < -0.3 is 14.8 Å². The zero-order valence-electron chi connectivity index (χ0n) is 15.9. The molecular formula is C21H22N4O3. The molecule has 0 aliphatic heterocycles. The Balaban J connectivity index is 1.83. The lowest BCUT2D eigenvalue weighted by molar-refractivity contribution is 0.0526. The Morgan fingerprint density at radius 3 is 2.61 bits per heavy atom. The molecule has 1 N–H and O–H groups in total. The van der Waals surface area contributed by atoms with Crippen LogP contribution in [0.25, 0.3) is 11.3 Å². The Labute approximate surface area is 163 Å². The zero-order valence-corrected chi connectivity index (χ0v) is 15.9. The Morgan fingerprint density at radius 1 is 1.11 bits per heavy atom.